The van der Waals surface area contributed by atoms with Gasteiger partial charge in [-0.05, 0) is 35.2 Å². The summed E-state index contributed by atoms with van der Waals surface area (Å²) in [6, 6.07) is 15.0. The molecule has 7 heteroatoms. The fourth-order valence-corrected chi connectivity index (χ4v) is 5.15. The Morgan fingerprint density at radius 3 is 2.57 bits per heavy atom. The van der Waals surface area contributed by atoms with Gasteiger partial charge in [-0.3, -0.25) is 4.79 Å². The molecule has 0 fully saturated rings. The van der Waals surface area contributed by atoms with Crippen LogP contribution in [-0.4, -0.2) is 20.0 Å². The average Bonchev–Trinajstić information content (AvgIpc) is 3.24. The molecule has 1 aromatic heterocycles. The van der Waals surface area contributed by atoms with E-state index < -0.39 is 0 Å². The lowest BCUT2D eigenvalue weighted by atomic mass is 10.1. The third-order valence-electron chi connectivity index (χ3n) is 4.22. The zero-order chi connectivity index (χ0) is 20.1. The number of carbonyl (C=O) groups is 1. The Bertz CT molecular complexity index is 960. The fourth-order valence-electron chi connectivity index (χ4n) is 2.82. The number of nitrogen functional groups attached to an aromatic ring is 1. The first-order valence-electron chi connectivity index (χ1n) is 8.53. The molecule has 0 radical (unpaired) electrons. The van der Waals surface area contributed by atoms with Crippen molar-refractivity contribution in [2.24, 2.45) is 0 Å². The first kappa shape index (κ1) is 20.6. The van der Waals surface area contributed by atoms with Crippen LogP contribution in [0.25, 0.3) is 0 Å². The van der Waals surface area contributed by atoms with E-state index in [1.165, 1.54) is 23.1 Å². The summed E-state index contributed by atoms with van der Waals surface area (Å²) in [5, 5.41) is 2.10. The van der Waals surface area contributed by atoms with Crippen LogP contribution < -0.4 is 15.2 Å². The minimum atomic E-state index is -0.230. The summed E-state index contributed by atoms with van der Waals surface area (Å²) < 4.78 is 10.8. The van der Waals surface area contributed by atoms with Crippen molar-refractivity contribution in [1.29, 1.82) is 0 Å². The molecule has 1 atom stereocenters. The molecule has 2 N–H and O–H groups in total. The predicted octanol–water partition coefficient (Wildman–Crippen LogP) is 6.11. The van der Waals surface area contributed by atoms with Gasteiger partial charge in [0.1, 0.15) is 0 Å². The summed E-state index contributed by atoms with van der Waals surface area (Å²) in [7, 11) is 3.10. The monoisotopic (exact) mass is 433 g/mol. The molecule has 0 spiro atoms. The van der Waals surface area contributed by atoms with Gasteiger partial charge < -0.3 is 15.2 Å². The van der Waals surface area contributed by atoms with Crippen LogP contribution in [0.3, 0.4) is 0 Å². The molecular weight excluding hydrogens is 414 g/mol. The quantitative estimate of drug-likeness (QED) is 0.264. The van der Waals surface area contributed by atoms with Gasteiger partial charge in [0.25, 0.3) is 0 Å². The summed E-state index contributed by atoms with van der Waals surface area (Å²) in [5.74, 6) is 1.06. The van der Waals surface area contributed by atoms with Crippen LogP contribution in [0.4, 0.5) is 5.69 Å². The van der Waals surface area contributed by atoms with Gasteiger partial charge in [0, 0.05) is 22.3 Å². The summed E-state index contributed by atoms with van der Waals surface area (Å²) in [5.41, 5.74) is 7.60. The average molecular weight is 434 g/mol. The van der Waals surface area contributed by atoms with Crippen molar-refractivity contribution >= 4 is 46.2 Å². The van der Waals surface area contributed by atoms with Crippen LogP contribution in [-0.2, 0) is 0 Å². The van der Waals surface area contributed by atoms with E-state index in [-0.39, 0.29) is 17.5 Å². The van der Waals surface area contributed by atoms with Crippen molar-refractivity contribution in [3.8, 4) is 11.5 Å². The topological polar surface area (TPSA) is 61.5 Å². The second-order valence-electron chi connectivity index (χ2n) is 5.95. The van der Waals surface area contributed by atoms with Crippen molar-refractivity contribution in [1.82, 2.24) is 0 Å². The highest BCUT2D eigenvalue weighted by molar-refractivity contribution is 7.99. The van der Waals surface area contributed by atoms with E-state index in [1.807, 2.05) is 47.8 Å². The van der Waals surface area contributed by atoms with Crippen molar-refractivity contribution in [2.45, 2.75) is 16.6 Å². The van der Waals surface area contributed by atoms with Gasteiger partial charge in [-0.1, -0.05) is 35.9 Å². The van der Waals surface area contributed by atoms with Crippen LogP contribution >= 0.6 is 34.7 Å². The fraction of sp³-hybridized carbons (Fsp3) is 0.190. The Hall–Kier alpha value is -2.15. The molecule has 1 heterocycles. The predicted molar refractivity (Wildman–Crippen MR) is 117 cm³/mol. The number of thiophene rings is 1. The number of hydrogen-bond acceptors (Lipinski definition) is 6. The van der Waals surface area contributed by atoms with Gasteiger partial charge in [0.2, 0.25) is 0 Å². The van der Waals surface area contributed by atoms with Crippen molar-refractivity contribution < 1.29 is 14.3 Å². The summed E-state index contributed by atoms with van der Waals surface area (Å²) in [6.45, 7) is 0. The minimum Gasteiger partial charge on any atom is -0.493 e. The third kappa shape index (κ3) is 4.46. The summed E-state index contributed by atoms with van der Waals surface area (Å²) in [6.07, 6.45) is 0.286. The van der Waals surface area contributed by atoms with Crippen molar-refractivity contribution in [3.05, 3.63) is 69.4 Å². The van der Waals surface area contributed by atoms with Gasteiger partial charge >= 0.3 is 0 Å². The van der Waals surface area contributed by atoms with Gasteiger partial charge in [-0.2, -0.15) is 0 Å². The van der Waals surface area contributed by atoms with Crippen LogP contribution in [0.2, 0.25) is 5.02 Å². The molecule has 0 saturated heterocycles. The zero-order valence-electron chi connectivity index (χ0n) is 15.5. The highest BCUT2D eigenvalue weighted by Gasteiger charge is 2.25. The molecule has 0 unspecified atom stereocenters. The number of halogens is 1. The Morgan fingerprint density at radius 2 is 1.93 bits per heavy atom. The Kier molecular flexibility index (Phi) is 6.88. The Morgan fingerprint density at radius 1 is 1.14 bits per heavy atom. The largest absolute Gasteiger partial charge is 0.493 e. The maximum absolute atomic E-state index is 12.8. The lowest BCUT2D eigenvalue weighted by Gasteiger charge is -2.21. The first-order valence-corrected chi connectivity index (χ1v) is 10.7. The second-order valence-corrected chi connectivity index (χ2v) is 8.52. The van der Waals surface area contributed by atoms with Crippen LogP contribution in [0.5, 0.6) is 11.5 Å². The number of para-hydroxylation sites is 1. The molecule has 0 bridgehead atoms. The molecule has 3 aromatic rings. The second kappa shape index (κ2) is 9.37. The molecule has 0 saturated carbocycles. The van der Waals surface area contributed by atoms with E-state index in [4.69, 9.17) is 26.8 Å². The van der Waals surface area contributed by atoms with Crippen molar-refractivity contribution in [2.75, 3.05) is 20.0 Å². The maximum Gasteiger partial charge on any atom is 0.179 e. The SMILES string of the molecule is COc1ccc([C@@H](CC(=O)c2cccs2)Sc2ccccc2N)c(Cl)c1OC. The highest BCUT2D eigenvalue weighted by atomic mass is 35.5. The van der Waals surface area contributed by atoms with Crippen LogP contribution in [0.15, 0.2) is 58.8 Å². The third-order valence-corrected chi connectivity index (χ3v) is 6.85. The number of anilines is 1. The number of benzene rings is 2. The smallest absolute Gasteiger partial charge is 0.179 e. The van der Waals surface area contributed by atoms with E-state index >= 15 is 0 Å². The number of hydrogen-bond donors (Lipinski definition) is 1. The van der Waals surface area contributed by atoms with E-state index in [1.54, 1.807) is 20.3 Å². The molecule has 0 aliphatic heterocycles. The molecule has 4 nitrogen and oxygen atoms in total. The lowest BCUT2D eigenvalue weighted by molar-refractivity contribution is 0.0986. The van der Waals surface area contributed by atoms with Gasteiger partial charge in [-0.15, -0.1) is 23.1 Å². The normalized spacial score (nSPS) is 11.8. The number of carbonyl (C=O) groups excluding carboxylic acids is 1. The lowest BCUT2D eigenvalue weighted by Crippen LogP contribution is -2.06. The van der Waals surface area contributed by atoms with Gasteiger partial charge in [-0.25, -0.2) is 0 Å². The van der Waals surface area contributed by atoms with E-state index in [0.29, 0.717) is 22.2 Å². The van der Waals surface area contributed by atoms with Gasteiger partial charge in [0.15, 0.2) is 17.3 Å². The number of thioether (sulfide) groups is 1. The van der Waals surface area contributed by atoms with E-state index in [0.717, 1.165) is 15.3 Å². The summed E-state index contributed by atoms with van der Waals surface area (Å²) >= 11 is 9.60. The van der Waals surface area contributed by atoms with Crippen LogP contribution in [0, 0.1) is 0 Å². The first-order chi connectivity index (χ1) is 13.5. The van der Waals surface area contributed by atoms with E-state index in [2.05, 4.69) is 0 Å². The highest BCUT2D eigenvalue weighted by Crippen LogP contribution is 2.47. The van der Waals surface area contributed by atoms with Crippen LogP contribution in [0.1, 0.15) is 26.9 Å². The van der Waals surface area contributed by atoms with E-state index in [9.17, 15) is 4.79 Å². The zero-order valence-corrected chi connectivity index (χ0v) is 17.9. The molecule has 2 aromatic carbocycles. The summed E-state index contributed by atoms with van der Waals surface area (Å²) in [4.78, 5) is 14.4. The number of rotatable bonds is 8. The molecule has 28 heavy (non-hydrogen) atoms. The molecule has 146 valence electrons. The number of ether oxygens (including phenoxy) is 2. The number of nitrogens with two attached hydrogens (primary N) is 1. The molecule has 0 aliphatic rings. The number of ketones is 1. The Labute approximate surface area is 177 Å². The minimum absolute atomic E-state index is 0.0628. The Balaban J connectivity index is 2.00. The van der Waals surface area contributed by atoms with Gasteiger partial charge in [0.05, 0.1) is 24.1 Å². The number of Topliss-reactive ketones (excluding diaryl/α,β-unsaturated/α-hetero) is 1. The molecule has 0 amide bonds. The molecular formula is C21H20ClNO3S2. The standard InChI is InChI=1S/C21H20ClNO3S2/c1-25-16-10-9-13(20(22)21(16)26-2)19(12-15(24)18-8-5-11-27-18)28-17-7-4-3-6-14(17)23/h3-11,19H,12,23H2,1-2H3/t19-/m1/s1. The number of methoxy groups -OCH3 is 2. The molecule has 0 aliphatic carbocycles. The molecule has 3 rings (SSSR count). The maximum atomic E-state index is 12.8. The van der Waals surface area contributed by atoms with Crippen molar-refractivity contribution in [3.63, 3.8) is 0 Å².